The van der Waals surface area contributed by atoms with Gasteiger partial charge in [0, 0.05) is 28.9 Å². The summed E-state index contributed by atoms with van der Waals surface area (Å²) in [5.41, 5.74) is 0. The Morgan fingerprint density at radius 2 is 2.22 bits per heavy atom. The summed E-state index contributed by atoms with van der Waals surface area (Å²) >= 11 is 0. The van der Waals surface area contributed by atoms with Crippen molar-refractivity contribution in [1.82, 2.24) is 5.32 Å². The van der Waals surface area contributed by atoms with E-state index in [1.807, 2.05) is 7.05 Å². The second-order valence-corrected chi connectivity index (χ2v) is 3.81. The topological polar surface area (TPSA) is 29.1 Å². The molecule has 0 aliphatic rings. The van der Waals surface area contributed by atoms with Gasteiger partial charge in [0.2, 0.25) is 0 Å². The number of hydrogen-bond donors (Lipinski definition) is 1. The second kappa shape index (κ2) is 4.94. The van der Waals surface area contributed by atoms with Gasteiger partial charge in [0.05, 0.1) is 0 Å². The zero-order valence-electron chi connectivity index (χ0n) is 6.31. The van der Waals surface area contributed by atoms with E-state index in [-0.39, 0.29) is 0 Å². The van der Waals surface area contributed by atoms with Crippen molar-refractivity contribution >= 4 is 10.8 Å². The molecule has 3 heteroatoms. The fraction of sp³-hybridized carbons (Fsp3) is 1.00. The summed E-state index contributed by atoms with van der Waals surface area (Å²) in [5, 5.41) is 3.09. The molecule has 0 aromatic carbocycles. The van der Waals surface area contributed by atoms with Gasteiger partial charge in [-0.25, -0.2) is 0 Å². The molecule has 0 radical (unpaired) electrons. The molecule has 0 fully saturated rings. The maximum atomic E-state index is 10.5. The summed E-state index contributed by atoms with van der Waals surface area (Å²) in [6.45, 7) is 2.09. The first-order valence-electron chi connectivity index (χ1n) is 3.14. The molecule has 0 amide bonds. The standard InChI is InChI=1S/C6H15NOS/c1-6(7-2)4-5-9(3)8/h6-7H,4-5H2,1-3H3. The van der Waals surface area contributed by atoms with E-state index in [2.05, 4.69) is 12.2 Å². The van der Waals surface area contributed by atoms with Gasteiger partial charge >= 0.3 is 0 Å². The molecule has 2 nitrogen and oxygen atoms in total. The largest absolute Gasteiger partial charge is 0.317 e. The molecule has 0 saturated carbocycles. The molecule has 0 rings (SSSR count). The number of rotatable bonds is 4. The van der Waals surface area contributed by atoms with Gasteiger partial charge in [0.1, 0.15) is 0 Å². The highest BCUT2D eigenvalue weighted by Gasteiger charge is 1.97. The van der Waals surface area contributed by atoms with Crippen LogP contribution in [0.3, 0.4) is 0 Å². The fourth-order valence-corrected chi connectivity index (χ4v) is 1.17. The summed E-state index contributed by atoms with van der Waals surface area (Å²) < 4.78 is 10.5. The molecule has 0 saturated heterocycles. The van der Waals surface area contributed by atoms with Crippen molar-refractivity contribution in [3.8, 4) is 0 Å². The summed E-state index contributed by atoms with van der Waals surface area (Å²) in [6, 6.07) is 0.494. The molecule has 2 unspecified atom stereocenters. The van der Waals surface area contributed by atoms with Crippen molar-refractivity contribution in [2.75, 3.05) is 19.1 Å². The molecular formula is C6H15NOS. The average molecular weight is 149 g/mol. The first-order valence-corrected chi connectivity index (χ1v) is 4.87. The average Bonchev–Trinajstić information content (AvgIpc) is 1.83. The molecule has 9 heavy (non-hydrogen) atoms. The zero-order chi connectivity index (χ0) is 7.28. The van der Waals surface area contributed by atoms with Gasteiger partial charge in [0.15, 0.2) is 0 Å². The summed E-state index contributed by atoms with van der Waals surface area (Å²) in [5.74, 6) is 0.808. The molecule has 0 bridgehead atoms. The molecular weight excluding hydrogens is 134 g/mol. The summed E-state index contributed by atoms with van der Waals surface area (Å²) in [4.78, 5) is 0. The van der Waals surface area contributed by atoms with Crippen molar-refractivity contribution in [2.45, 2.75) is 19.4 Å². The minimum atomic E-state index is -0.628. The fourth-order valence-electron chi connectivity index (χ4n) is 0.487. The third-order valence-corrected chi connectivity index (χ3v) is 2.14. The molecule has 0 aliphatic carbocycles. The lowest BCUT2D eigenvalue weighted by Gasteiger charge is -2.06. The maximum absolute atomic E-state index is 10.5. The normalized spacial score (nSPS) is 17.2. The van der Waals surface area contributed by atoms with Crippen LogP contribution in [0.25, 0.3) is 0 Å². The minimum Gasteiger partial charge on any atom is -0.317 e. The van der Waals surface area contributed by atoms with Crippen LogP contribution >= 0.6 is 0 Å². The van der Waals surface area contributed by atoms with E-state index in [0.717, 1.165) is 12.2 Å². The van der Waals surface area contributed by atoms with E-state index in [1.165, 1.54) is 0 Å². The third-order valence-electron chi connectivity index (χ3n) is 1.33. The second-order valence-electron chi connectivity index (χ2n) is 2.26. The Morgan fingerprint density at radius 1 is 1.67 bits per heavy atom. The summed E-state index contributed by atoms with van der Waals surface area (Å²) in [7, 11) is 1.29. The highest BCUT2D eigenvalue weighted by Crippen LogP contribution is 1.90. The van der Waals surface area contributed by atoms with E-state index in [4.69, 9.17) is 0 Å². The van der Waals surface area contributed by atoms with Gasteiger partial charge in [-0.3, -0.25) is 4.21 Å². The van der Waals surface area contributed by atoms with Gasteiger partial charge in [0.25, 0.3) is 0 Å². The van der Waals surface area contributed by atoms with Crippen LogP contribution in [0.15, 0.2) is 0 Å². The molecule has 0 aromatic rings. The van der Waals surface area contributed by atoms with Crippen LogP contribution < -0.4 is 5.32 Å². The first-order chi connectivity index (χ1) is 4.16. The van der Waals surface area contributed by atoms with Gasteiger partial charge in [-0.1, -0.05) is 0 Å². The monoisotopic (exact) mass is 149 g/mol. The van der Waals surface area contributed by atoms with Crippen LogP contribution in [0.4, 0.5) is 0 Å². The van der Waals surface area contributed by atoms with Gasteiger partial charge in [-0.2, -0.15) is 0 Å². The Balaban J connectivity index is 3.16. The minimum absolute atomic E-state index is 0.494. The Morgan fingerprint density at radius 3 is 2.56 bits per heavy atom. The number of nitrogens with one attached hydrogen (secondary N) is 1. The lowest BCUT2D eigenvalue weighted by Crippen LogP contribution is -2.22. The highest BCUT2D eigenvalue weighted by molar-refractivity contribution is 7.84. The van der Waals surface area contributed by atoms with E-state index < -0.39 is 10.8 Å². The smallest absolute Gasteiger partial charge is 0.0246 e. The lowest BCUT2D eigenvalue weighted by molar-refractivity contribution is 0.592. The zero-order valence-corrected chi connectivity index (χ0v) is 7.12. The van der Waals surface area contributed by atoms with Crippen LogP contribution in [0.1, 0.15) is 13.3 Å². The van der Waals surface area contributed by atoms with Crippen LogP contribution in [0.2, 0.25) is 0 Å². The first kappa shape index (κ1) is 9.11. The third kappa shape index (κ3) is 5.99. The van der Waals surface area contributed by atoms with Crippen molar-refractivity contribution in [2.24, 2.45) is 0 Å². The predicted molar refractivity (Wildman–Crippen MR) is 42.1 cm³/mol. The van der Waals surface area contributed by atoms with Gasteiger partial charge in [-0.05, 0) is 20.4 Å². The van der Waals surface area contributed by atoms with Crippen LogP contribution in [0.5, 0.6) is 0 Å². The maximum Gasteiger partial charge on any atom is 0.0246 e. The molecule has 0 aliphatic heterocycles. The van der Waals surface area contributed by atoms with Crippen molar-refractivity contribution in [1.29, 1.82) is 0 Å². The molecule has 1 N–H and O–H groups in total. The van der Waals surface area contributed by atoms with Crippen LogP contribution in [0, 0.1) is 0 Å². The Labute approximate surface area is 59.5 Å². The van der Waals surface area contributed by atoms with E-state index in [9.17, 15) is 4.21 Å². The highest BCUT2D eigenvalue weighted by atomic mass is 32.2. The quantitative estimate of drug-likeness (QED) is 0.625. The van der Waals surface area contributed by atoms with Gasteiger partial charge < -0.3 is 5.32 Å². The van der Waals surface area contributed by atoms with E-state index in [0.29, 0.717) is 6.04 Å². The van der Waals surface area contributed by atoms with Crippen molar-refractivity contribution in [3.63, 3.8) is 0 Å². The molecule has 0 spiro atoms. The molecule has 2 atom stereocenters. The van der Waals surface area contributed by atoms with Crippen LogP contribution in [-0.2, 0) is 10.8 Å². The van der Waals surface area contributed by atoms with E-state index >= 15 is 0 Å². The number of hydrogen-bond acceptors (Lipinski definition) is 2. The van der Waals surface area contributed by atoms with Gasteiger partial charge in [-0.15, -0.1) is 0 Å². The predicted octanol–water partition coefficient (Wildman–Crippen LogP) is 0.363. The molecule has 56 valence electrons. The Bertz CT molecular complexity index is 95.1. The lowest BCUT2D eigenvalue weighted by atomic mass is 10.3. The Kier molecular flexibility index (Phi) is 5.00. The molecule has 0 aromatic heterocycles. The van der Waals surface area contributed by atoms with E-state index in [1.54, 1.807) is 6.26 Å². The van der Waals surface area contributed by atoms with Crippen molar-refractivity contribution in [3.05, 3.63) is 0 Å². The van der Waals surface area contributed by atoms with Crippen LogP contribution in [-0.4, -0.2) is 29.3 Å². The van der Waals surface area contributed by atoms with Crippen molar-refractivity contribution < 1.29 is 4.21 Å². The molecule has 0 heterocycles. The summed E-state index contributed by atoms with van der Waals surface area (Å²) in [6.07, 6.45) is 2.74. The SMILES string of the molecule is CNC(C)CCS(C)=O. The Hall–Kier alpha value is 0.110.